The molecule has 0 aromatic heterocycles. The van der Waals surface area contributed by atoms with Crippen LogP contribution in [0.5, 0.6) is 0 Å². The second-order valence-electron chi connectivity index (χ2n) is 2.54. The van der Waals surface area contributed by atoms with Crippen molar-refractivity contribution in [2.45, 2.75) is 19.4 Å². The third-order valence-electron chi connectivity index (χ3n) is 1.89. The highest BCUT2D eigenvalue weighted by atomic mass is 16.1. The van der Waals surface area contributed by atoms with Crippen molar-refractivity contribution >= 4 is 5.91 Å². The summed E-state index contributed by atoms with van der Waals surface area (Å²) in [7, 11) is 0. The van der Waals surface area contributed by atoms with E-state index in [0.717, 1.165) is 13.0 Å². The number of nitrogens with two attached hydrogens (primary N) is 1. The van der Waals surface area contributed by atoms with Gasteiger partial charge in [0, 0.05) is 6.04 Å². The van der Waals surface area contributed by atoms with E-state index in [1.807, 2.05) is 6.92 Å². The zero-order valence-electron chi connectivity index (χ0n) is 5.55. The van der Waals surface area contributed by atoms with Gasteiger partial charge in [-0.15, -0.1) is 0 Å². The van der Waals surface area contributed by atoms with Gasteiger partial charge in [-0.1, -0.05) is 0 Å². The molecule has 3 nitrogen and oxygen atoms in total. The van der Waals surface area contributed by atoms with Crippen molar-refractivity contribution in [2.24, 2.45) is 11.7 Å². The first-order chi connectivity index (χ1) is 4.22. The molecule has 1 rings (SSSR count). The van der Waals surface area contributed by atoms with E-state index in [0.29, 0.717) is 0 Å². The molecule has 1 fully saturated rings. The lowest BCUT2D eigenvalue weighted by molar-refractivity contribution is -0.121. The van der Waals surface area contributed by atoms with Crippen LogP contribution in [-0.2, 0) is 4.79 Å². The molecule has 2 atom stereocenters. The van der Waals surface area contributed by atoms with Gasteiger partial charge in [0.1, 0.15) is 0 Å². The normalized spacial score (nSPS) is 34.8. The molecule has 0 aromatic rings. The molecule has 1 heterocycles. The van der Waals surface area contributed by atoms with Crippen molar-refractivity contribution in [1.29, 1.82) is 0 Å². The first-order valence-electron chi connectivity index (χ1n) is 3.24. The molecule has 2 unspecified atom stereocenters. The van der Waals surface area contributed by atoms with E-state index in [-0.39, 0.29) is 17.9 Å². The van der Waals surface area contributed by atoms with Gasteiger partial charge in [-0.25, -0.2) is 0 Å². The summed E-state index contributed by atoms with van der Waals surface area (Å²) >= 11 is 0. The third-order valence-corrected chi connectivity index (χ3v) is 1.89. The predicted molar refractivity (Wildman–Crippen MR) is 34.8 cm³/mol. The third kappa shape index (κ3) is 1.21. The first-order valence-corrected chi connectivity index (χ1v) is 3.24. The number of carbonyl (C=O) groups excluding carboxylic acids is 1. The van der Waals surface area contributed by atoms with E-state index in [9.17, 15) is 4.79 Å². The smallest absolute Gasteiger partial charge is 0.222 e. The highest BCUT2D eigenvalue weighted by Crippen LogP contribution is 2.13. The molecule has 0 bridgehead atoms. The fraction of sp³-hybridized carbons (Fsp3) is 0.833. The van der Waals surface area contributed by atoms with Crippen LogP contribution in [0, 0.1) is 5.92 Å². The maximum atomic E-state index is 10.6. The molecule has 0 aliphatic carbocycles. The number of primary amides is 1. The average Bonchev–Trinajstić information content (AvgIpc) is 2.13. The maximum absolute atomic E-state index is 10.6. The van der Waals surface area contributed by atoms with E-state index in [1.165, 1.54) is 0 Å². The Hall–Kier alpha value is -0.570. The Balaban J connectivity index is 2.49. The van der Waals surface area contributed by atoms with E-state index >= 15 is 0 Å². The molecule has 0 radical (unpaired) electrons. The van der Waals surface area contributed by atoms with Crippen molar-refractivity contribution in [2.75, 3.05) is 6.54 Å². The van der Waals surface area contributed by atoms with E-state index in [2.05, 4.69) is 5.32 Å². The summed E-state index contributed by atoms with van der Waals surface area (Å²) in [4.78, 5) is 10.6. The van der Waals surface area contributed by atoms with Crippen molar-refractivity contribution in [3.8, 4) is 0 Å². The Labute approximate surface area is 54.6 Å². The SMILES string of the molecule is CC1NCCC1C(N)=O. The minimum Gasteiger partial charge on any atom is -0.369 e. The van der Waals surface area contributed by atoms with Gasteiger partial charge in [0.25, 0.3) is 0 Å². The Morgan fingerprint density at radius 2 is 2.44 bits per heavy atom. The topological polar surface area (TPSA) is 55.1 Å². The van der Waals surface area contributed by atoms with Crippen LogP contribution in [-0.4, -0.2) is 18.5 Å². The van der Waals surface area contributed by atoms with Crippen LogP contribution >= 0.6 is 0 Å². The monoisotopic (exact) mass is 128 g/mol. The molecule has 9 heavy (non-hydrogen) atoms. The van der Waals surface area contributed by atoms with Gasteiger partial charge in [-0.3, -0.25) is 4.79 Å². The summed E-state index contributed by atoms with van der Waals surface area (Å²) in [6, 6.07) is 0.280. The molecule has 3 heteroatoms. The fourth-order valence-electron chi connectivity index (χ4n) is 1.25. The zero-order valence-corrected chi connectivity index (χ0v) is 5.55. The van der Waals surface area contributed by atoms with Crippen molar-refractivity contribution < 1.29 is 4.79 Å². The van der Waals surface area contributed by atoms with E-state index < -0.39 is 0 Å². The van der Waals surface area contributed by atoms with Crippen LogP contribution < -0.4 is 11.1 Å². The number of nitrogens with one attached hydrogen (secondary N) is 1. The zero-order chi connectivity index (χ0) is 6.85. The minimum atomic E-state index is -0.174. The summed E-state index contributed by atoms with van der Waals surface area (Å²) in [5.74, 6) is -0.113. The van der Waals surface area contributed by atoms with Crippen LogP contribution in [0.2, 0.25) is 0 Å². The standard InChI is InChI=1S/C6H12N2O/c1-4-5(6(7)9)2-3-8-4/h4-5,8H,2-3H2,1H3,(H2,7,9). The van der Waals surface area contributed by atoms with E-state index in [1.54, 1.807) is 0 Å². The first kappa shape index (κ1) is 6.55. The summed E-state index contributed by atoms with van der Waals surface area (Å²) in [6.45, 7) is 2.91. The van der Waals surface area contributed by atoms with Crippen LogP contribution in [0.25, 0.3) is 0 Å². The van der Waals surface area contributed by atoms with Gasteiger partial charge in [0.15, 0.2) is 0 Å². The lowest BCUT2D eigenvalue weighted by Gasteiger charge is -2.08. The lowest BCUT2D eigenvalue weighted by Crippen LogP contribution is -2.32. The van der Waals surface area contributed by atoms with Gasteiger partial charge in [0.2, 0.25) is 5.91 Å². The molecule has 52 valence electrons. The number of rotatable bonds is 1. The molecule has 1 amide bonds. The molecule has 0 spiro atoms. The second-order valence-corrected chi connectivity index (χ2v) is 2.54. The number of amides is 1. The number of hydrogen-bond donors (Lipinski definition) is 2. The van der Waals surface area contributed by atoms with Crippen molar-refractivity contribution in [3.63, 3.8) is 0 Å². The van der Waals surface area contributed by atoms with Gasteiger partial charge in [-0.2, -0.15) is 0 Å². The lowest BCUT2D eigenvalue weighted by atomic mass is 10.0. The van der Waals surface area contributed by atoms with Crippen LogP contribution in [0.1, 0.15) is 13.3 Å². The minimum absolute atomic E-state index is 0.0602. The molecular formula is C6H12N2O. The molecule has 0 saturated carbocycles. The Morgan fingerprint density at radius 1 is 1.78 bits per heavy atom. The van der Waals surface area contributed by atoms with Gasteiger partial charge < -0.3 is 11.1 Å². The maximum Gasteiger partial charge on any atom is 0.222 e. The average molecular weight is 128 g/mol. The molecule has 0 aromatic carbocycles. The Kier molecular flexibility index (Phi) is 1.71. The predicted octanol–water partition coefficient (Wildman–Crippen LogP) is -0.530. The van der Waals surface area contributed by atoms with Gasteiger partial charge in [-0.05, 0) is 19.9 Å². The largest absolute Gasteiger partial charge is 0.369 e. The fourth-order valence-corrected chi connectivity index (χ4v) is 1.25. The van der Waals surface area contributed by atoms with Gasteiger partial charge in [0.05, 0.1) is 5.92 Å². The summed E-state index contributed by atoms with van der Waals surface area (Å²) in [5, 5.41) is 3.15. The highest BCUT2D eigenvalue weighted by Gasteiger charge is 2.26. The van der Waals surface area contributed by atoms with Crippen LogP contribution in [0.15, 0.2) is 0 Å². The number of carbonyl (C=O) groups is 1. The van der Waals surface area contributed by atoms with Gasteiger partial charge >= 0.3 is 0 Å². The molecule has 3 N–H and O–H groups in total. The Bertz CT molecular complexity index is 124. The number of hydrogen-bond acceptors (Lipinski definition) is 2. The van der Waals surface area contributed by atoms with E-state index in [4.69, 9.17) is 5.73 Å². The molecule has 1 aliphatic rings. The second kappa shape index (κ2) is 2.35. The van der Waals surface area contributed by atoms with Crippen molar-refractivity contribution in [3.05, 3.63) is 0 Å². The quantitative estimate of drug-likeness (QED) is 0.498. The highest BCUT2D eigenvalue weighted by molar-refractivity contribution is 5.77. The molecule has 1 aliphatic heterocycles. The summed E-state index contributed by atoms with van der Waals surface area (Å²) in [5.41, 5.74) is 5.11. The van der Waals surface area contributed by atoms with Crippen LogP contribution in [0.3, 0.4) is 0 Å². The molecule has 1 saturated heterocycles. The molecular weight excluding hydrogens is 116 g/mol. The summed E-state index contributed by atoms with van der Waals surface area (Å²) < 4.78 is 0. The van der Waals surface area contributed by atoms with Crippen molar-refractivity contribution in [1.82, 2.24) is 5.32 Å². The summed E-state index contributed by atoms with van der Waals surface area (Å²) in [6.07, 6.45) is 0.899. The Morgan fingerprint density at radius 3 is 2.67 bits per heavy atom. The van der Waals surface area contributed by atoms with Crippen LogP contribution in [0.4, 0.5) is 0 Å².